The molecule has 60 valence electrons. The van der Waals surface area contributed by atoms with Gasteiger partial charge in [-0.3, -0.25) is 4.79 Å². The third-order valence-electron chi connectivity index (χ3n) is 1.30. The lowest BCUT2D eigenvalue weighted by Gasteiger charge is -1.93. The lowest BCUT2D eigenvalue weighted by molar-refractivity contribution is -0.105. The molecule has 11 heavy (non-hydrogen) atoms. The minimum Gasteiger partial charge on any atom is -0.359 e. The van der Waals surface area contributed by atoms with E-state index < -0.39 is 0 Å². The summed E-state index contributed by atoms with van der Waals surface area (Å²) in [6.45, 7) is 3.98. The van der Waals surface area contributed by atoms with Crippen molar-refractivity contribution in [2.45, 2.75) is 19.8 Å². The van der Waals surface area contributed by atoms with Crippen LogP contribution in [0.4, 0.5) is 5.82 Å². The lowest BCUT2D eigenvalue weighted by Crippen LogP contribution is -1.92. The number of hydrogen-bond donors (Lipinski definition) is 1. The van der Waals surface area contributed by atoms with Crippen LogP contribution in [-0.4, -0.2) is 11.6 Å². The number of nitrogens with one attached hydrogen (secondary N) is 1. The van der Waals surface area contributed by atoms with Gasteiger partial charge in [0.15, 0.2) is 5.82 Å². The van der Waals surface area contributed by atoms with Gasteiger partial charge in [-0.15, -0.1) is 0 Å². The van der Waals surface area contributed by atoms with Gasteiger partial charge in [-0.2, -0.15) is 0 Å². The molecule has 0 saturated carbocycles. The first-order valence-electron chi connectivity index (χ1n) is 3.41. The third kappa shape index (κ3) is 1.80. The Hall–Kier alpha value is -1.32. The standard InChI is InChI=1S/C7H10N2O2/c1-5(2)6-3-7(8-4-10)9-11-6/h3-5H,1-2H3,(H,8,9,10). The van der Waals surface area contributed by atoms with E-state index >= 15 is 0 Å². The number of carbonyl (C=O) groups excluding carboxylic acids is 1. The summed E-state index contributed by atoms with van der Waals surface area (Å²) in [5, 5.41) is 6.01. The van der Waals surface area contributed by atoms with Crippen LogP contribution < -0.4 is 5.32 Å². The van der Waals surface area contributed by atoms with Gasteiger partial charge in [0.25, 0.3) is 0 Å². The number of aromatic nitrogens is 1. The maximum absolute atomic E-state index is 9.96. The molecule has 0 bridgehead atoms. The molecule has 1 heterocycles. The highest BCUT2D eigenvalue weighted by molar-refractivity contribution is 5.68. The molecule has 1 aromatic heterocycles. The number of hydrogen-bond acceptors (Lipinski definition) is 3. The Labute approximate surface area is 64.6 Å². The molecule has 4 heteroatoms. The van der Waals surface area contributed by atoms with Crippen molar-refractivity contribution in [1.29, 1.82) is 0 Å². The number of carbonyl (C=O) groups is 1. The second-order valence-electron chi connectivity index (χ2n) is 2.53. The molecule has 0 radical (unpaired) electrons. The van der Waals surface area contributed by atoms with Crippen molar-refractivity contribution in [3.05, 3.63) is 11.8 Å². The summed E-state index contributed by atoms with van der Waals surface area (Å²) in [6.07, 6.45) is 0.571. The molecule has 0 unspecified atom stereocenters. The van der Waals surface area contributed by atoms with Crippen molar-refractivity contribution in [3.8, 4) is 0 Å². The molecule has 0 fully saturated rings. The Bertz CT molecular complexity index is 242. The molecule has 1 N–H and O–H groups in total. The molecule has 0 aliphatic heterocycles. The fourth-order valence-corrected chi connectivity index (χ4v) is 0.690. The molecule has 1 rings (SSSR count). The van der Waals surface area contributed by atoms with Crippen LogP contribution in [0.15, 0.2) is 10.6 Å². The van der Waals surface area contributed by atoms with Gasteiger partial charge in [0.1, 0.15) is 5.76 Å². The summed E-state index contributed by atoms with van der Waals surface area (Å²) in [7, 11) is 0. The van der Waals surface area contributed by atoms with Crippen LogP contribution >= 0.6 is 0 Å². The first-order valence-corrected chi connectivity index (χ1v) is 3.41. The Morgan fingerprint density at radius 1 is 1.73 bits per heavy atom. The van der Waals surface area contributed by atoms with Crippen LogP contribution in [-0.2, 0) is 4.79 Å². The molecule has 4 nitrogen and oxygen atoms in total. The van der Waals surface area contributed by atoms with Crippen molar-refractivity contribution in [2.75, 3.05) is 5.32 Å². The molecule has 0 aliphatic rings. The van der Waals surface area contributed by atoms with E-state index in [-0.39, 0.29) is 0 Å². The topological polar surface area (TPSA) is 55.1 Å². The largest absolute Gasteiger partial charge is 0.359 e. The van der Waals surface area contributed by atoms with Crippen LogP contribution in [0.5, 0.6) is 0 Å². The summed E-state index contributed by atoms with van der Waals surface area (Å²) in [5.41, 5.74) is 0. The Morgan fingerprint density at radius 3 is 2.91 bits per heavy atom. The Balaban J connectivity index is 2.73. The summed E-state index contributed by atoms with van der Waals surface area (Å²) >= 11 is 0. The average molecular weight is 154 g/mol. The smallest absolute Gasteiger partial charge is 0.212 e. The third-order valence-corrected chi connectivity index (χ3v) is 1.30. The van der Waals surface area contributed by atoms with Gasteiger partial charge >= 0.3 is 0 Å². The zero-order valence-corrected chi connectivity index (χ0v) is 6.50. The van der Waals surface area contributed by atoms with E-state index in [1.54, 1.807) is 6.07 Å². The van der Waals surface area contributed by atoms with Crippen LogP contribution in [0.25, 0.3) is 0 Å². The van der Waals surface area contributed by atoms with Crippen molar-refractivity contribution in [3.63, 3.8) is 0 Å². The predicted octanol–water partition coefficient (Wildman–Crippen LogP) is 1.37. The molecule has 1 amide bonds. The van der Waals surface area contributed by atoms with Crippen molar-refractivity contribution in [1.82, 2.24) is 5.16 Å². The number of anilines is 1. The number of rotatable bonds is 3. The van der Waals surface area contributed by atoms with E-state index in [1.807, 2.05) is 13.8 Å². The first-order chi connectivity index (χ1) is 5.24. The highest BCUT2D eigenvalue weighted by atomic mass is 16.5. The normalized spacial score (nSPS) is 10.1. The lowest BCUT2D eigenvalue weighted by atomic mass is 10.2. The van der Waals surface area contributed by atoms with E-state index in [0.717, 1.165) is 5.76 Å². The molecular weight excluding hydrogens is 144 g/mol. The highest BCUT2D eigenvalue weighted by Crippen LogP contribution is 2.16. The van der Waals surface area contributed by atoms with Crippen molar-refractivity contribution in [2.24, 2.45) is 0 Å². The van der Waals surface area contributed by atoms with Crippen LogP contribution in [0.2, 0.25) is 0 Å². The summed E-state index contributed by atoms with van der Waals surface area (Å²) in [5.74, 6) is 1.53. The number of nitrogens with zero attached hydrogens (tertiary/aromatic N) is 1. The quantitative estimate of drug-likeness (QED) is 0.669. The Kier molecular flexibility index (Phi) is 2.25. The maximum Gasteiger partial charge on any atom is 0.212 e. The zero-order chi connectivity index (χ0) is 8.27. The average Bonchev–Trinajstić information content (AvgIpc) is 2.37. The minimum atomic E-state index is 0.296. The molecule has 0 atom stereocenters. The highest BCUT2D eigenvalue weighted by Gasteiger charge is 2.05. The van der Waals surface area contributed by atoms with E-state index in [0.29, 0.717) is 18.1 Å². The van der Waals surface area contributed by atoms with E-state index in [4.69, 9.17) is 4.52 Å². The maximum atomic E-state index is 9.96. The summed E-state index contributed by atoms with van der Waals surface area (Å²) in [6, 6.07) is 1.71. The van der Waals surface area contributed by atoms with E-state index in [9.17, 15) is 4.79 Å². The predicted molar refractivity (Wildman–Crippen MR) is 40.3 cm³/mol. The van der Waals surface area contributed by atoms with E-state index in [2.05, 4.69) is 10.5 Å². The van der Waals surface area contributed by atoms with Gasteiger partial charge in [-0.25, -0.2) is 0 Å². The molecule has 1 aromatic rings. The van der Waals surface area contributed by atoms with Gasteiger partial charge in [0.2, 0.25) is 6.41 Å². The van der Waals surface area contributed by atoms with Crippen LogP contribution in [0, 0.1) is 0 Å². The number of amides is 1. The van der Waals surface area contributed by atoms with Gasteiger partial charge < -0.3 is 9.84 Å². The zero-order valence-electron chi connectivity index (χ0n) is 6.50. The minimum absolute atomic E-state index is 0.296. The fraction of sp³-hybridized carbons (Fsp3) is 0.429. The van der Waals surface area contributed by atoms with Gasteiger partial charge in [0.05, 0.1) is 0 Å². The first kappa shape index (κ1) is 7.78. The van der Waals surface area contributed by atoms with Crippen molar-refractivity contribution < 1.29 is 9.32 Å². The van der Waals surface area contributed by atoms with Crippen LogP contribution in [0.3, 0.4) is 0 Å². The van der Waals surface area contributed by atoms with Crippen LogP contribution in [0.1, 0.15) is 25.5 Å². The Morgan fingerprint density at radius 2 is 2.45 bits per heavy atom. The molecule has 0 saturated heterocycles. The van der Waals surface area contributed by atoms with Gasteiger partial charge in [-0.05, 0) is 0 Å². The summed E-state index contributed by atoms with van der Waals surface area (Å²) < 4.78 is 4.91. The second-order valence-corrected chi connectivity index (χ2v) is 2.53. The monoisotopic (exact) mass is 154 g/mol. The van der Waals surface area contributed by atoms with E-state index in [1.165, 1.54) is 0 Å². The molecule has 0 aromatic carbocycles. The molecule has 0 aliphatic carbocycles. The summed E-state index contributed by atoms with van der Waals surface area (Å²) in [4.78, 5) is 9.96. The second kappa shape index (κ2) is 3.18. The SMILES string of the molecule is CC(C)c1cc(NC=O)no1. The molecular formula is C7H10N2O2. The fourth-order valence-electron chi connectivity index (χ4n) is 0.690. The molecule has 0 spiro atoms. The van der Waals surface area contributed by atoms with Gasteiger partial charge in [-0.1, -0.05) is 19.0 Å². The van der Waals surface area contributed by atoms with Crippen molar-refractivity contribution >= 4 is 12.2 Å². The van der Waals surface area contributed by atoms with Gasteiger partial charge in [0, 0.05) is 12.0 Å².